The first-order valence-electron chi connectivity index (χ1n) is 10.2. The molecule has 1 aliphatic heterocycles. The molecule has 0 radical (unpaired) electrons. The van der Waals surface area contributed by atoms with Crippen LogP contribution in [0.4, 0.5) is 5.69 Å². The molecule has 1 aromatic heterocycles. The first-order valence-corrected chi connectivity index (χ1v) is 10.2. The molecule has 0 bridgehead atoms. The number of ether oxygens (including phenoxy) is 2. The quantitative estimate of drug-likeness (QED) is 0.690. The van der Waals surface area contributed by atoms with E-state index in [1.54, 1.807) is 7.11 Å². The minimum atomic E-state index is 0.0633. The third-order valence-corrected chi connectivity index (χ3v) is 5.16. The van der Waals surface area contributed by atoms with Gasteiger partial charge in [-0.3, -0.25) is 9.88 Å². The van der Waals surface area contributed by atoms with Crippen molar-refractivity contribution in [1.29, 1.82) is 0 Å². The van der Waals surface area contributed by atoms with Gasteiger partial charge in [-0.05, 0) is 31.0 Å². The summed E-state index contributed by atoms with van der Waals surface area (Å²) in [5.41, 5.74) is 3.38. The van der Waals surface area contributed by atoms with Gasteiger partial charge in [-0.1, -0.05) is 32.0 Å². The van der Waals surface area contributed by atoms with Crippen molar-refractivity contribution in [3.8, 4) is 5.75 Å². The Morgan fingerprint density at radius 2 is 1.79 bits per heavy atom. The Labute approximate surface area is 169 Å². The maximum Gasteiger partial charge on any atom is 0.142 e. The van der Waals surface area contributed by atoms with Crippen molar-refractivity contribution in [3.05, 3.63) is 53.9 Å². The number of piperazine rings is 1. The molecule has 1 aromatic carbocycles. The summed E-state index contributed by atoms with van der Waals surface area (Å²) >= 11 is 0. The third-order valence-electron chi connectivity index (χ3n) is 5.16. The molecule has 0 aliphatic carbocycles. The van der Waals surface area contributed by atoms with Crippen molar-refractivity contribution in [1.82, 2.24) is 9.88 Å². The Kier molecular flexibility index (Phi) is 7.29. The molecule has 152 valence electrons. The second-order valence-corrected chi connectivity index (χ2v) is 7.91. The smallest absolute Gasteiger partial charge is 0.142 e. The van der Waals surface area contributed by atoms with Crippen LogP contribution in [0, 0.1) is 12.8 Å². The lowest BCUT2D eigenvalue weighted by Gasteiger charge is -2.38. The van der Waals surface area contributed by atoms with Crippen LogP contribution < -0.4 is 9.64 Å². The largest absolute Gasteiger partial charge is 0.495 e. The van der Waals surface area contributed by atoms with Gasteiger partial charge in [-0.15, -0.1) is 0 Å². The number of hydrogen-bond donors (Lipinski definition) is 0. The van der Waals surface area contributed by atoms with E-state index < -0.39 is 0 Å². The van der Waals surface area contributed by atoms with Crippen LogP contribution in [0.1, 0.15) is 31.2 Å². The standard InChI is InChI=1S/C23H33N3O2/c1-18(2)17-28-23(20-10-9-19(3)24-15-20)16-25-11-13-26(14-12-25)21-7-5-6-8-22(21)27-4/h5-10,15,18,23H,11-14,16-17H2,1-4H3. The van der Waals surface area contributed by atoms with Gasteiger partial charge in [0, 0.05) is 56.8 Å². The summed E-state index contributed by atoms with van der Waals surface area (Å²) in [5, 5.41) is 0. The highest BCUT2D eigenvalue weighted by Crippen LogP contribution is 2.29. The number of para-hydroxylation sites is 2. The first-order chi connectivity index (χ1) is 13.6. The molecule has 1 aliphatic rings. The molecule has 0 spiro atoms. The highest BCUT2D eigenvalue weighted by molar-refractivity contribution is 5.58. The number of hydrogen-bond acceptors (Lipinski definition) is 5. The fraction of sp³-hybridized carbons (Fsp3) is 0.522. The molecular formula is C23H33N3O2. The normalized spacial score (nSPS) is 16.4. The molecular weight excluding hydrogens is 350 g/mol. The predicted octanol–water partition coefficient (Wildman–Crippen LogP) is 3.93. The monoisotopic (exact) mass is 383 g/mol. The van der Waals surface area contributed by atoms with E-state index in [1.807, 2.05) is 25.3 Å². The number of methoxy groups -OCH3 is 1. The third kappa shape index (κ3) is 5.46. The Hall–Kier alpha value is -2.11. The van der Waals surface area contributed by atoms with E-state index in [0.29, 0.717) is 5.92 Å². The number of anilines is 1. The van der Waals surface area contributed by atoms with Crippen molar-refractivity contribution in [2.24, 2.45) is 5.92 Å². The maximum absolute atomic E-state index is 6.26. The number of benzene rings is 1. The van der Waals surface area contributed by atoms with E-state index in [9.17, 15) is 0 Å². The highest BCUT2D eigenvalue weighted by atomic mass is 16.5. The van der Waals surface area contributed by atoms with E-state index >= 15 is 0 Å². The van der Waals surface area contributed by atoms with Crippen LogP contribution >= 0.6 is 0 Å². The second kappa shape index (κ2) is 9.89. The van der Waals surface area contributed by atoms with Gasteiger partial charge in [-0.2, -0.15) is 0 Å². The summed E-state index contributed by atoms with van der Waals surface area (Å²) in [6.45, 7) is 12.1. The van der Waals surface area contributed by atoms with Gasteiger partial charge in [0.2, 0.25) is 0 Å². The van der Waals surface area contributed by atoms with Crippen LogP contribution in [0.2, 0.25) is 0 Å². The number of aryl methyl sites for hydroxylation is 1. The minimum absolute atomic E-state index is 0.0633. The van der Waals surface area contributed by atoms with Gasteiger partial charge in [0.15, 0.2) is 0 Å². The molecule has 5 nitrogen and oxygen atoms in total. The molecule has 1 fully saturated rings. The second-order valence-electron chi connectivity index (χ2n) is 7.91. The molecule has 2 aromatic rings. The number of aromatic nitrogens is 1. The number of pyridine rings is 1. The van der Waals surface area contributed by atoms with Crippen LogP contribution in [0.3, 0.4) is 0 Å². The zero-order chi connectivity index (χ0) is 19.9. The van der Waals surface area contributed by atoms with E-state index in [-0.39, 0.29) is 6.10 Å². The Bertz CT molecular complexity index is 725. The van der Waals surface area contributed by atoms with Crippen molar-refractivity contribution < 1.29 is 9.47 Å². The van der Waals surface area contributed by atoms with Gasteiger partial charge in [0.05, 0.1) is 18.9 Å². The summed E-state index contributed by atoms with van der Waals surface area (Å²) < 4.78 is 11.8. The molecule has 1 unspecified atom stereocenters. The van der Waals surface area contributed by atoms with Crippen molar-refractivity contribution in [2.45, 2.75) is 26.9 Å². The minimum Gasteiger partial charge on any atom is -0.495 e. The van der Waals surface area contributed by atoms with Crippen molar-refractivity contribution >= 4 is 5.69 Å². The molecule has 1 saturated heterocycles. The summed E-state index contributed by atoms with van der Waals surface area (Å²) in [6.07, 6.45) is 2.03. The highest BCUT2D eigenvalue weighted by Gasteiger charge is 2.23. The fourth-order valence-corrected chi connectivity index (χ4v) is 3.53. The summed E-state index contributed by atoms with van der Waals surface area (Å²) in [4.78, 5) is 9.38. The Morgan fingerprint density at radius 1 is 1.04 bits per heavy atom. The lowest BCUT2D eigenvalue weighted by Crippen LogP contribution is -2.47. The van der Waals surface area contributed by atoms with E-state index in [0.717, 1.165) is 50.8 Å². The summed E-state index contributed by atoms with van der Waals surface area (Å²) in [5.74, 6) is 1.46. The SMILES string of the molecule is COc1ccccc1N1CCN(CC(OCC(C)C)c2ccc(C)nc2)CC1. The fourth-order valence-electron chi connectivity index (χ4n) is 3.53. The maximum atomic E-state index is 6.26. The molecule has 28 heavy (non-hydrogen) atoms. The Balaban J connectivity index is 1.62. The molecule has 2 heterocycles. The molecule has 0 amide bonds. The van der Waals surface area contributed by atoms with Crippen molar-refractivity contribution in [2.75, 3.05) is 51.3 Å². The predicted molar refractivity (Wildman–Crippen MR) is 114 cm³/mol. The molecule has 0 saturated carbocycles. The summed E-state index contributed by atoms with van der Waals surface area (Å²) in [6, 6.07) is 12.5. The van der Waals surface area contributed by atoms with Gasteiger partial charge in [0.25, 0.3) is 0 Å². The van der Waals surface area contributed by atoms with Gasteiger partial charge in [-0.25, -0.2) is 0 Å². The zero-order valence-electron chi connectivity index (χ0n) is 17.6. The van der Waals surface area contributed by atoms with Crippen molar-refractivity contribution in [3.63, 3.8) is 0 Å². The summed E-state index contributed by atoms with van der Waals surface area (Å²) in [7, 11) is 1.74. The average molecular weight is 384 g/mol. The lowest BCUT2D eigenvalue weighted by molar-refractivity contribution is 0.00964. The molecule has 0 N–H and O–H groups in total. The van der Waals surface area contributed by atoms with Crippen LogP contribution in [-0.2, 0) is 4.74 Å². The van der Waals surface area contributed by atoms with Crippen LogP contribution in [0.15, 0.2) is 42.6 Å². The van der Waals surface area contributed by atoms with Gasteiger partial charge >= 0.3 is 0 Å². The van der Waals surface area contributed by atoms with Gasteiger partial charge < -0.3 is 14.4 Å². The topological polar surface area (TPSA) is 37.8 Å². The first kappa shape index (κ1) is 20.6. The zero-order valence-corrected chi connectivity index (χ0v) is 17.6. The average Bonchev–Trinajstić information content (AvgIpc) is 2.72. The molecule has 1 atom stereocenters. The molecule has 5 heteroatoms. The van der Waals surface area contributed by atoms with Crippen LogP contribution in [0.25, 0.3) is 0 Å². The van der Waals surface area contributed by atoms with E-state index in [1.165, 1.54) is 11.3 Å². The number of rotatable bonds is 8. The van der Waals surface area contributed by atoms with E-state index in [4.69, 9.17) is 9.47 Å². The lowest BCUT2D eigenvalue weighted by atomic mass is 10.1. The van der Waals surface area contributed by atoms with Gasteiger partial charge in [0.1, 0.15) is 5.75 Å². The number of nitrogens with zero attached hydrogens (tertiary/aromatic N) is 3. The van der Waals surface area contributed by atoms with Crippen LogP contribution in [0.5, 0.6) is 5.75 Å². The van der Waals surface area contributed by atoms with E-state index in [2.05, 4.69) is 52.9 Å². The van der Waals surface area contributed by atoms with Crippen LogP contribution in [-0.4, -0.2) is 56.3 Å². The molecule has 3 rings (SSSR count). The Morgan fingerprint density at radius 3 is 2.43 bits per heavy atom.